The number of methoxy groups -OCH3 is 1. The lowest BCUT2D eigenvalue weighted by Crippen LogP contribution is -1.92. The van der Waals surface area contributed by atoms with Gasteiger partial charge in [0.2, 0.25) is 0 Å². The summed E-state index contributed by atoms with van der Waals surface area (Å²) in [6.45, 7) is 0. The largest absolute Gasteiger partial charge is 0.495 e. The van der Waals surface area contributed by atoms with Crippen LogP contribution in [0.3, 0.4) is 0 Å². The van der Waals surface area contributed by atoms with E-state index in [1.165, 1.54) is 0 Å². The summed E-state index contributed by atoms with van der Waals surface area (Å²) in [6.07, 6.45) is 0. The van der Waals surface area contributed by atoms with Gasteiger partial charge >= 0.3 is 0 Å². The van der Waals surface area contributed by atoms with Crippen molar-refractivity contribution < 1.29 is 4.74 Å². The summed E-state index contributed by atoms with van der Waals surface area (Å²) in [6, 6.07) is 13.1. The number of hydrogen-bond donors (Lipinski definition) is 1. The van der Waals surface area contributed by atoms with Crippen molar-refractivity contribution in [3.05, 3.63) is 52.5 Å². The van der Waals surface area contributed by atoms with Crippen molar-refractivity contribution in [2.24, 2.45) is 0 Å². The zero-order chi connectivity index (χ0) is 14.5. The Morgan fingerprint density at radius 3 is 2.80 bits per heavy atom. The predicted molar refractivity (Wildman–Crippen MR) is 83.1 cm³/mol. The first-order valence-electron chi connectivity index (χ1n) is 5.89. The summed E-state index contributed by atoms with van der Waals surface area (Å²) in [5.74, 6) is 1.27. The van der Waals surface area contributed by atoms with Gasteiger partial charge < -0.3 is 10.5 Å². The van der Waals surface area contributed by atoms with Gasteiger partial charge in [0, 0.05) is 16.3 Å². The quantitative estimate of drug-likeness (QED) is 0.682. The number of nitrogens with zero attached hydrogens (tertiary/aromatic N) is 1. The molecule has 2 N–H and O–H groups in total. The van der Waals surface area contributed by atoms with Gasteiger partial charge in [0.15, 0.2) is 0 Å². The molecular formula is C15H13ClN2OS. The SMILES string of the molecule is COc1ccc(CSc2c(N)cccc2Cl)cc1C#N. The van der Waals surface area contributed by atoms with E-state index in [-0.39, 0.29) is 0 Å². The van der Waals surface area contributed by atoms with Gasteiger partial charge in [-0.3, -0.25) is 0 Å². The molecular weight excluding hydrogens is 292 g/mol. The molecule has 0 atom stereocenters. The van der Waals surface area contributed by atoms with Gasteiger partial charge in [-0.2, -0.15) is 5.26 Å². The molecule has 0 aliphatic rings. The monoisotopic (exact) mass is 304 g/mol. The summed E-state index contributed by atoms with van der Waals surface area (Å²) in [7, 11) is 1.55. The van der Waals surface area contributed by atoms with Gasteiger partial charge in [0.05, 0.1) is 17.7 Å². The molecule has 2 aromatic rings. The summed E-state index contributed by atoms with van der Waals surface area (Å²) in [5, 5.41) is 9.71. The van der Waals surface area contributed by atoms with E-state index in [0.717, 1.165) is 10.5 Å². The molecule has 0 saturated heterocycles. The molecule has 0 aromatic heterocycles. The normalized spacial score (nSPS) is 10.1. The van der Waals surface area contributed by atoms with Crippen molar-refractivity contribution in [2.45, 2.75) is 10.6 Å². The number of thioether (sulfide) groups is 1. The Morgan fingerprint density at radius 1 is 1.35 bits per heavy atom. The Kier molecular flexibility index (Phi) is 4.78. The maximum atomic E-state index is 9.07. The first-order chi connectivity index (χ1) is 9.65. The number of rotatable bonds is 4. The summed E-state index contributed by atoms with van der Waals surface area (Å²) < 4.78 is 5.12. The van der Waals surface area contributed by atoms with Gasteiger partial charge in [0.25, 0.3) is 0 Å². The lowest BCUT2D eigenvalue weighted by molar-refractivity contribution is 0.413. The highest BCUT2D eigenvalue weighted by atomic mass is 35.5. The maximum Gasteiger partial charge on any atom is 0.136 e. The van der Waals surface area contributed by atoms with Crippen molar-refractivity contribution in [2.75, 3.05) is 12.8 Å². The average Bonchev–Trinajstić information content (AvgIpc) is 2.46. The van der Waals surface area contributed by atoms with Crippen molar-refractivity contribution in [3.63, 3.8) is 0 Å². The zero-order valence-corrected chi connectivity index (χ0v) is 12.5. The molecule has 2 aromatic carbocycles. The number of nitrogen functional groups attached to an aromatic ring is 1. The highest BCUT2D eigenvalue weighted by Gasteiger charge is 2.08. The molecule has 2 rings (SSSR count). The summed E-state index contributed by atoms with van der Waals surface area (Å²) >= 11 is 7.68. The Balaban J connectivity index is 2.18. The second-order valence-corrected chi connectivity index (χ2v) is 5.49. The molecule has 0 fully saturated rings. The maximum absolute atomic E-state index is 9.07. The summed E-state index contributed by atoms with van der Waals surface area (Å²) in [4.78, 5) is 0.864. The Labute approximate surface area is 127 Å². The van der Waals surface area contributed by atoms with Crippen LogP contribution >= 0.6 is 23.4 Å². The van der Waals surface area contributed by atoms with E-state index in [2.05, 4.69) is 6.07 Å². The third-order valence-corrected chi connectivity index (χ3v) is 4.41. The summed E-state index contributed by atoms with van der Waals surface area (Å²) in [5.41, 5.74) is 8.12. The van der Waals surface area contributed by atoms with Gasteiger partial charge in [-0.25, -0.2) is 0 Å². The van der Waals surface area contributed by atoms with Gasteiger partial charge in [0.1, 0.15) is 11.8 Å². The molecule has 0 bridgehead atoms. The van der Waals surface area contributed by atoms with E-state index < -0.39 is 0 Å². The molecule has 0 unspecified atom stereocenters. The Hall–Kier alpha value is -1.83. The first-order valence-corrected chi connectivity index (χ1v) is 7.26. The van der Waals surface area contributed by atoms with Gasteiger partial charge in [-0.15, -0.1) is 11.8 Å². The molecule has 0 spiro atoms. The second-order valence-electron chi connectivity index (χ2n) is 4.09. The minimum Gasteiger partial charge on any atom is -0.495 e. The Morgan fingerprint density at radius 2 is 2.15 bits per heavy atom. The lowest BCUT2D eigenvalue weighted by atomic mass is 10.1. The number of ether oxygens (including phenoxy) is 1. The van der Waals surface area contributed by atoms with E-state index in [0.29, 0.717) is 27.8 Å². The van der Waals surface area contributed by atoms with E-state index in [4.69, 9.17) is 27.3 Å². The number of nitrogens with two attached hydrogens (primary N) is 1. The van der Waals surface area contributed by atoms with Crippen molar-refractivity contribution in [1.29, 1.82) is 5.26 Å². The van der Waals surface area contributed by atoms with Crippen LogP contribution in [0.1, 0.15) is 11.1 Å². The van der Waals surface area contributed by atoms with Crippen molar-refractivity contribution in [1.82, 2.24) is 0 Å². The smallest absolute Gasteiger partial charge is 0.136 e. The minimum atomic E-state index is 0.526. The van der Waals surface area contributed by atoms with Crippen molar-refractivity contribution in [3.8, 4) is 11.8 Å². The highest BCUT2D eigenvalue weighted by molar-refractivity contribution is 7.98. The van der Waals surface area contributed by atoms with Crippen LogP contribution in [0.5, 0.6) is 5.75 Å². The fourth-order valence-corrected chi connectivity index (χ4v) is 3.04. The van der Waals surface area contributed by atoms with Crippen LogP contribution < -0.4 is 10.5 Å². The number of benzene rings is 2. The van der Waals surface area contributed by atoms with Crippen molar-refractivity contribution >= 4 is 29.1 Å². The van der Waals surface area contributed by atoms with E-state index in [9.17, 15) is 0 Å². The molecule has 0 amide bonds. The molecule has 0 aliphatic heterocycles. The molecule has 3 nitrogen and oxygen atoms in total. The number of hydrogen-bond acceptors (Lipinski definition) is 4. The average molecular weight is 305 g/mol. The minimum absolute atomic E-state index is 0.526. The topological polar surface area (TPSA) is 59.0 Å². The van der Waals surface area contributed by atoms with Crippen LogP contribution in [-0.2, 0) is 5.75 Å². The molecule has 0 radical (unpaired) electrons. The molecule has 102 valence electrons. The van der Waals surface area contributed by atoms with Crippen LogP contribution in [0.4, 0.5) is 5.69 Å². The zero-order valence-electron chi connectivity index (χ0n) is 10.9. The molecule has 0 saturated carbocycles. The third-order valence-electron chi connectivity index (χ3n) is 2.76. The van der Waals surface area contributed by atoms with E-state index >= 15 is 0 Å². The number of halogens is 1. The predicted octanol–water partition coefficient (Wildman–Crippen LogP) is 4.09. The second kappa shape index (κ2) is 6.56. The fraction of sp³-hybridized carbons (Fsp3) is 0.133. The lowest BCUT2D eigenvalue weighted by Gasteiger charge is -2.09. The molecule has 20 heavy (non-hydrogen) atoms. The highest BCUT2D eigenvalue weighted by Crippen LogP contribution is 2.35. The van der Waals surface area contributed by atoms with E-state index in [1.807, 2.05) is 30.3 Å². The molecule has 0 heterocycles. The van der Waals surface area contributed by atoms with Crippen LogP contribution in [0.25, 0.3) is 0 Å². The Bertz CT molecular complexity index is 647. The van der Waals surface area contributed by atoms with Crippen LogP contribution in [-0.4, -0.2) is 7.11 Å². The fourth-order valence-electron chi connectivity index (χ4n) is 1.77. The number of anilines is 1. The van der Waals surface area contributed by atoms with Crippen LogP contribution in [0, 0.1) is 11.3 Å². The van der Waals surface area contributed by atoms with Gasteiger partial charge in [-0.1, -0.05) is 23.7 Å². The standard InChI is InChI=1S/C15H13ClN2OS/c1-19-14-6-5-10(7-11(14)8-17)9-20-15-12(16)3-2-4-13(15)18/h2-7H,9,18H2,1H3. The van der Waals surface area contributed by atoms with Gasteiger partial charge in [-0.05, 0) is 29.8 Å². The number of nitriles is 1. The first kappa shape index (κ1) is 14.6. The molecule has 5 heteroatoms. The van der Waals surface area contributed by atoms with Crippen LogP contribution in [0.15, 0.2) is 41.3 Å². The molecule has 0 aliphatic carbocycles. The van der Waals surface area contributed by atoms with E-state index in [1.54, 1.807) is 24.9 Å². The van der Waals surface area contributed by atoms with Crippen LogP contribution in [0.2, 0.25) is 5.02 Å². The third kappa shape index (κ3) is 3.19.